The highest BCUT2D eigenvalue weighted by atomic mass is 32.2. The van der Waals surface area contributed by atoms with Gasteiger partial charge in [-0.1, -0.05) is 102 Å². The van der Waals surface area contributed by atoms with Gasteiger partial charge in [-0.3, -0.25) is 4.79 Å². The lowest BCUT2D eigenvalue weighted by Gasteiger charge is -2.29. The quantitative estimate of drug-likeness (QED) is 0.463. The van der Waals surface area contributed by atoms with Gasteiger partial charge in [0, 0.05) is 0 Å². The van der Waals surface area contributed by atoms with E-state index in [0.717, 1.165) is 5.56 Å². The van der Waals surface area contributed by atoms with E-state index >= 15 is 0 Å². The molecule has 0 radical (unpaired) electrons. The molecule has 2 rings (SSSR count). The Balaban J connectivity index is 0.000000399. The Hall–Kier alpha value is -2.92. The van der Waals surface area contributed by atoms with Crippen molar-refractivity contribution in [2.75, 3.05) is 0 Å². The van der Waals surface area contributed by atoms with Crippen molar-refractivity contribution < 1.29 is 45.8 Å². The molecule has 2 aromatic rings. The summed E-state index contributed by atoms with van der Waals surface area (Å²) < 4.78 is 71.3. The third kappa shape index (κ3) is 10.1. The Morgan fingerprint density at radius 3 is 1.42 bits per heavy atom. The van der Waals surface area contributed by atoms with Gasteiger partial charge in [0.25, 0.3) is 9.84 Å². The SMILES string of the molecule is CC(C)(C)[C@@H](C(=O)OCc1ccccc1)S(=O)(=O)C(F)(F)F.CC(C)(C)[C@H](O)C(=O)OCc1ccccc1. The van der Waals surface area contributed by atoms with Crippen LogP contribution >= 0.6 is 0 Å². The summed E-state index contributed by atoms with van der Waals surface area (Å²) in [7, 11) is -5.67. The topological polar surface area (TPSA) is 107 Å². The van der Waals surface area contributed by atoms with E-state index in [1.807, 2.05) is 30.3 Å². The van der Waals surface area contributed by atoms with Gasteiger partial charge in [0.15, 0.2) is 11.4 Å². The molecule has 0 aliphatic carbocycles. The number of sulfone groups is 1. The molecule has 0 aromatic heterocycles. The maximum absolute atomic E-state index is 12.7. The summed E-state index contributed by atoms with van der Waals surface area (Å²) in [6, 6.07) is 17.7. The number of hydrogen-bond acceptors (Lipinski definition) is 7. The number of alkyl halides is 3. The number of carbonyl (C=O) groups excluding carboxylic acids is 2. The molecule has 2 atom stereocenters. The van der Waals surface area contributed by atoms with Crippen LogP contribution in [-0.2, 0) is 42.1 Å². The smallest absolute Gasteiger partial charge is 0.460 e. The van der Waals surface area contributed by atoms with E-state index in [4.69, 9.17) is 9.47 Å². The number of aliphatic hydroxyl groups excluding tert-OH is 1. The summed E-state index contributed by atoms with van der Waals surface area (Å²) in [5.41, 5.74) is -6.00. The first-order chi connectivity index (χ1) is 17.3. The fourth-order valence-corrected chi connectivity index (χ4v) is 4.56. The molecule has 0 aliphatic heterocycles. The lowest BCUT2D eigenvalue weighted by Crippen LogP contribution is -2.48. The summed E-state index contributed by atoms with van der Waals surface area (Å²) in [6.45, 7) is 9.01. The van der Waals surface area contributed by atoms with Gasteiger partial charge in [0.2, 0.25) is 0 Å². The standard InChI is InChI=1S/C14H17F3O4S.C13H18O3/c1-13(2,3)11(22(19,20)14(15,16)17)12(18)21-9-10-7-5-4-6-8-10;1-13(2,3)11(14)12(15)16-9-10-7-5-4-6-8-10/h4-8,11H,9H2,1-3H3;4-8,11,14H,9H2,1-3H3/t2*11-/m11/s1. The summed E-state index contributed by atoms with van der Waals surface area (Å²) in [6.07, 6.45) is -1.09. The van der Waals surface area contributed by atoms with Crippen molar-refractivity contribution in [3.8, 4) is 0 Å². The zero-order valence-electron chi connectivity index (χ0n) is 22.3. The molecule has 38 heavy (non-hydrogen) atoms. The monoisotopic (exact) mass is 560 g/mol. The van der Waals surface area contributed by atoms with E-state index in [1.54, 1.807) is 51.1 Å². The number of carbonyl (C=O) groups is 2. The van der Waals surface area contributed by atoms with Crippen LogP contribution < -0.4 is 0 Å². The largest absolute Gasteiger partial charge is 0.498 e. The molecular weight excluding hydrogens is 525 g/mol. The molecule has 0 heterocycles. The number of hydrogen-bond donors (Lipinski definition) is 1. The zero-order chi connectivity index (χ0) is 29.4. The number of halogens is 3. The molecule has 0 bridgehead atoms. The molecule has 0 unspecified atom stereocenters. The van der Waals surface area contributed by atoms with Gasteiger partial charge in [-0.05, 0) is 22.0 Å². The zero-order valence-corrected chi connectivity index (χ0v) is 23.1. The molecule has 0 aliphatic rings. The minimum atomic E-state index is -5.67. The fourth-order valence-electron chi connectivity index (χ4n) is 3.04. The Labute approximate surface area is 221 Å². The van der Waals surface area contributed by atoms with Crippen molar-refractivity contribution >= 4 is 21.8 Å². The van der Waals surface area contributed by atoms with Crippen LogP contribution in [0.4, 0.5) is 13.2 Å². The number of aliphatic hydroxyl groups is 1. The van der Waals surface area contributed by atoms with E-state index in [-0.39, 0.29) is 13.2 Å². The predicted molar refractivity (Wildman–Crippen MR) is 136 cm³/mol. The van der Waals surface area contributed by atoms with Crippen molar-refractivity contribution in [1.29, 1.82) is 0 Å². The van der Waals surface area contributed by atoms with Crippen LogP contribution in [0.5, 0.6) is 0 Å². The van der Waals surface area contributed by atoms with Crippen LogP contribution in [0.1, 0.15) is 52.7 Å². The van der Waals surface area contributed by atoms with Crippen LogP contribution in [0.15, 0.2) is 60.7 Å². The Morgan fingerprint density at radius 2 is 1.11 bits per heavy atom. The number of rotatable bonds is 7. The highest BCUT2D eigenvalue weighted by molar-refractivity contribution is 7.93. The molecule has 0 saturated heterocycles. The molecule has 212 valence electrons. The number of esters is 2. The maximum atomic E-state index is 12.7. The highest BCUT2D eigenvalue weighted by Crippen LogP contribution is 2.36. The third-order valence-electron chi connectivity index (χ3n) is 5.12. The van der Waals surface area contributed by atoms with Gasteiger partial charge in [-0.2, -0.15) is 13.2 Å². The lowest BCUT2D eigenvalue weighted by molar-refractivity contribution is -0.160. The van der Waals surface area contributed by atoms with Gasteiger partial charge >= 0.3 is 17.4 Å². The molecule has 0 saturated carbocycles. The number of benzene rings is 2. The predicted octanol–water partition coefficient (Wildman–Crippen LogP) is 5.22. The summed E-state index contributed by atoms with van der Waals surface area (Å²) >= 11 is 0. The first-order valence-corrected chi connectivity index (χ1v) is 13.2. The lowest BCUT2D eigenvalue weighted by atomic mass is 9.89. The molecule has 1 N–H and O–H groups in total. The summed E-state index contributed by atoms with van der Waals surface area (Å²) in [5.74, 6) is -1.98. The van der Waals surface area contributed by atoms with Crippen LogP contribution in [0.2, 0.25) is 0 Å². The number of ether oxygens (including phenoxy) is 2. The van der Waals surface area contributed by atoms with Crippen molar-refractivity contribution in [3.63, 3.8) is 0 Å². The van der Waals surface area contributed by atoms with Crippen molar-refractivity contribution in [2.24, 2.45) is 10.8 Å². The van der Waals surface area contributed by atoms with E-state index in [2.05, 4.69) is 0 Å². The molecule has 0 fully saturated rings. The minimum Gasteiger partial charge on any atom is -0.460 e. The van der Waals surface area contributed by atoms with E-state index in [0.29, 0.717) is 5.56 Å². The second-order valence-corrected chi connectivity index (χ2v) is 12.7. The van der Waals surface area contributed by atoms with Gasteiger partial charge in [-0.15, -0.1) is 0 Å². The Morgan fingerprint density at radius 1 is 0.737 bits per heavy atom. The first-order valence-electron chi connectivity index (χ1n) is 11.7. The summed E-state index contributed by atoms with van der Waals surface area (Å²) in [4.78, 5) is 23.4. The molecule has 7 nitrogen and oxygen atoms in total. The second kappa shape index (κ2) is 13.2. The maximum Gasteiger partial charge on any atom is 0.498 e. The van der Waals surface area contributed by atoms with Gasteiger partial charge in [-0.25, -0.2) is 13.2 Å². The van der Waals surface area contributed by atoms with E-state index < -0.39 is 49.5 Å². The van der Waals surface area contributed by atoms with Crippen LogP contribution in [0.3, 0.4) is 0 Å². The van der Waals surface area contributed by atoms with Crippen molar-refractivity contribution in [2.45, 2.75) is 71.6 Å². The van der Waals surface area contributed by atoms with Gasteiger partial charge in [0.05, 0.1) is 0 Å². The Kier molecular flexibility index (Phi) is 11.5. The van der Waals surface area contributed by atoms with Crippen LogP contribution in [0, 0.1) is 10.8 Å². The van der Waals surface area contributed by atoms with Crippen LogP contribution in [0.25, 0.3) is 0 Å². The normalized spacial score (nSPS) is 13.9. The average Bonchev–Trinajstić information content (AvgIpc) is 2.80. The third-order valence-corrected chi connectivity index (χ3v) is 7.29. The molecule has 0 spiro atoms. The highest BCUT2D eigenvalue weighted by Gasteiger charge is 2.58. The first kappa shape index (κ1) is 33.1. The van der Waals surface area contributed by atoms with Crippen molar-refractivity contribution in [3.05, 3.63) is 71.8 Å². The molecular formula is C27H35F3O7S. The second-order valence-electron chi connectivity index (χ2n) is 10.7. The van der Waals surface area contributed by atoms with E-state index in [1.165, 1.54) is 20.8 Å². The molecule has 11 heteroatoms. The van der Waals surface area contributed by atoms with Gasteiger partial charge < -0.3 is 14.6 Å². The summed E-state index contributed by atoms with van der Waals surface area (Å²) in [5, 5.41) is 7.34. The minimum absolute atomic E-state index is 0.201. The average molecular weight is 561 g/mol. The molecule has 0 amide bonds. The van der Waals surface area contributed by atoms with Crippen molar-refractivity contribution in [1.82, 2.24) is 0 Å². The van der Waals surface area contributed by atoms with E-state index in [9.17, 15) is 36.3 Å². The van der Waals surface area contributed by atoms with Gasteiger partial charge in [0.1, 0.15) is 13.2 Å². The fraction of sp³-hybridized carbons (Fsp3) is 0.481. The molecule has 2 aromatic carbocycles. The Bertz CT molecular complexity index is 1140. The van der Waals surface area contributed by atoms with Crippen LogP contribution in [-0.4, -0.2) is 42.3 Å².